The lowest BCUT2D eigenvalue weighted by Gasteiger charge is -2.09. The quantitative estimate of drug-likeness (QED) is 0.685. The third-order valence-corrected chi connectivity index (χ3v) is 2.58. The highest BCUT2D eigenvalue weighted by Crippen LogP contribution is 2.06. The fourth-order valence-corrected chi connectivity index (χ4v) is 1.53. The Morgan fingerprint density at radius 2 is 1.61 bits per heavy atom. The summed E-state index contributed by atoms with van der Waals surface area (Å²) < 4.78 is 10.7. The number of hydrogen-bond acceptors (Lipinski definition) is 3. The molecule has 0 heterocycles. The summed E-state index contributed by atoms with van der Waals surface area (Å²) in [6.45, 7) is 9.96. The van der Waals surface area contributed by atoms with E-state index in [1.807, 2.05) is 6.92 Å². The van der Waals surface area contributed by atoms with Gasteiger partial charge >= 0.3 is 0 Å². The number of rotatable bonds is 9. The van der Waals surface area contributed by atoms with Crippen molar-refractivity contribution in [3.8, 4) is 0 Å². The molecular formula is C15H25NO2. The highest BCUT2D eigenvalue weighted by molar-refractivity contribution is 5.21. The molecule has 3 heteroatoms. The van der Waals surface area contributed by atoms with E-state index in [1.54, 1.807) is 0 Å². The molecule has 1 aromatic rings. The average molecular weight is 251 g/mol. The minimum Gasteiger partial charge on any atom is -0.379 e. The minimum atomic E-state index is 0.520. The van der Waals surface area contributed by atoms with E-state index in [1.165, 1.54) is 11.1 Å². The van der Waals surface area contributed by atoms with Crippen LogP contribution < -0.4 is 5.32 Å². The fourth-order valence-electron chi connectivity index (χ4n) is 1.53. The van der Waals surface area contributed by atoms with Gasteiger partial charge in [-0.05, 0) is 18.1 Å². The van der Waals surface area contributed by atoms with E-state index in [0.717, 1.165) is 13.2 Å². The van der Waals surface area contributed by atoms with E-state index in [-0.39, 0.29) is 0 Å². The van der Waals surface area contributed by atoms with Gasteiger partial charge in [0.05, 0.1) is 19.8 Å². The number of hydrogen-bond donors (Lipinski definition) is 1. The normalized spacial score (nSPS) is 11.1. The molecule has 0 amide bonds. The van der Waals surface area contributed by atoms with E-state index >= 15 is 0 Å². The topological polar surface area (TPSA) is 30.5 Å². The van der Waals surface area contributed by atoms with Crippen LogP contribution in [-0.2, 0) is 22.6 Å². The van der Waals surface area contributed by atoms with Gasteiger partial charge in [0, 0.05) is 19.2 Å². The summed E-state index contributed by atoms with van der Waals surface area (Å²) in [7, 11) is 0. The molecule has 0 fully saturated rings. The fraction of sp³-hybridized carbons (Fsp3) is 0.600. The molecule has 0 spiro atoms. The summed E-state index contributed by atoms with van der Waals surface area (Å²) in [5, 5.41) is 3.40. The van der Waals surface area contributed by atoms with Crippen LogP contribution in [0.3, 0.4) is 0 Å². The Labute approximate surface area is 110 Å². The smallest absolute Gasteiger partial charge is 0.0718 e. The van der Waals surface area contributed by atoms with Crippen molar-refractivity contribution in [2.24, 2.45) is 0 Å². The van der Waals surface area contributed by atoms with Gasteiger partial charge in [-0.25, -0.2) is 0 Å². The van der Waals surface area contributed by atoms with Gasteiger partial charge in [-0.3, -0.25) is 0 Å². The van der Waals surface area contributed by atoms with Gasteiger partial charge in [0.2, 0.25) is 0 Å². The van der Waals surface area contributed by atoms with Crippen molar-refractivity contribution >= 4 is 0 Å². The molecule has 0 aromatic heterocycles. The van der Waals surface area contributed by atoms with Crippen molar-refractivity contribution in [3.05, 3.63) is 35.4 Å². The highest BCUT2D eigenvalue weighted by Gasteiger charge is 1.97. The molecule has 0 saturated carbocycles. The van der Waals surface area contributed by atoms with Crippen LogP contribution in [0, 0.1) is 0 Å². The molecule has 0 aliphatic heterocycles. The molecular weight excluding hydrogens is 226 g/mol. The molecule has 18 heavy (non-hydrogen) atoms. The molecule has 0 unspecified atom stereocenters. The van der Waals surface area contributed by atoms with Crippen molar-refractivity contribution in [3.63, 3.8) is 0 Å². The second kappa shape index (κ2) is 9.09. The SMILES string of the molecule is CCOCCOCc1ccc(CNC(C)C)cc1. The zero-order chi connectivity index (χ0) is 13.2. The van der Waals surface area contributed by atoms with Gasteiger partial charge in [0.15, 0.2) is 0 Å². The molecule has 1 rings (SSSR count). The third-order valence-electron chi connectivity index (χ3n) is 2.58. The summed E-state index contributed by atoms with van der Waals surface area (Å²) in [6.07, 6.45) is 0. The van der Waals surface area contributed by atoms with E-state index in [2.05, 4.69) is 43.4 Å². The summed E-state index contributed by atoms with van der Waals surface area (Å²) in [5.74, 6) is 0. The van der Waals surface area contributed by atoms with Gasteiger partial charge in [-0.2, -0.15) is 0 Å². The van der Waals surface area contributed by atoms with Crippen molar-refractivity contribution < 1.29 is 9.47 Å². The largest absolute Gasteiger partial charge is 0.379 e. The van der Waals surface area contributed by atoms with Crippen LogP contribution in [0.15, 0.2) is 24.3 Å². The zero-order valence-electron chi connectivity index (χ0n) is 11.7. The first kappa shape index (κ1) is 15.2. The summed E-state index contributed by atoms with van der Waals surface area (Å²) in [4.78, 5) is 0. The van der Waals surface area contributed by atoms with Crippen molar-refractivity contribution in [1.29, 1.82) is 0 Å². The van der Waals surface area contributed by atoms with Gasteiger partial charge in [-0.15, -0.1) is 0 Å². The number of benzene rings is 1. The number of nitrogens with one attached hydrogen (secondary N) is 1. The Morgan fingerprint density at radius 3 is 2.22 bits per heavy atom. The third kappa shape index (κ3) is 6.74. The van der Waals surface area contributed by atoms with Crippen LogP contribution >= 0.6 is 0 Å². The highest BCUT2D eigenvalue weighted by atomic mass is 16.5. The first-order valence-electron chi connectivity index (χ1n) is 6.69. The summed E-state index contributed by atoms with van der Waals surface area (Å²) in [6, 6.07) is 9.06. The standard InChI is InChI=1S/C15H25NO2/c1-4-17-9-10-18-12-15-7-5-14(6-8-15)11-16-13(2)3/h5-8,13,16H,4,9-12H2,1-3H3. The molecule has 1 N–H and O–H groups in total. The maximum absolute atomic E-state index is 5.52. The summed E-state index contributed by atoms with van der Waals surface area (Å²) >= 11 is 0. The van der Waals surface area contributed by atoms with Crippen LogP contribution in [0.4, 0.5) is 0 Å². The maximum Gasteiger partial charge on any atom is 0.0718 e. The van der Waals surface area contributed by atoms with Crippen molar-refractivity contribution in [1.82, 2.24) is 5.32 Å². The zero-order valence-corrected chi connectivity index (χ0v) is 11.7. The molecule has 3 nitrogen and oxygen atoms in total. The number of ether oxygens (including phenoxy) is 2. The maximum atomic E-state index is 5.52. The minimum absolute atomic E-state index is 0.520. The van der Waals surface area contributed by atoms with E-state index < -0.39 is 0 Å². The van der Waals surface area contributed by atoms with Crippen molar-refractivity contribution in [2.45, 2.75) is 40.0 Å². The molecule has 1 aromatic carbocycles. The first-order valence-corrected chi connectivity index (χ1v) is 6.69. The monoisotopic (exact) mass is 251 g/mol. The van der Waals surface area contributed by atoms with Crippen molar-refractivity contribution in [2.75, 3.05) is 19.8 Å². The van der Waals surface area contributed by atoms with Gasteiger partial charge in [0.1, 0.15) is 0 Å². The average Bonchev–Trinajstić information content (AvgIpc) is 2.37. The van der Waals surface area contributed by atoms with E-state index in [9.17, 15) is 0 Å². The first-order chi connectivity index (χ1) is 8.72. The van der Waals surface area contributed by atoms with Crippen LogP contribution in [0.25, 0.3) is 0 Å². The van der Waals surface area contributed by atoms with Crippen LogP contribution in [0.2, 0.25) is 0 Å². The lowest BCUT2D eigenvalue weighted by atomic mass is 10.1. The van der Waals surface area contributed by atoms with Crippen LogP contribution in [-0.4, -0.2) is 25.9 Å². The predicted molar refractivity (Wildman–Crippen MR) is 74.6 cm³/mol. The predicted octanol–water partition coefficient (Wildman–Crippen LogP) is 2.74. The Bertz CT molecular complexity index is 309. The van der Waals surface area contributed by atoms with E-state index in [4.69, 9.17) is 9.47 Å². The van der Waals surface area contributed by atoms with Gasteiger partial charge in [0.25, 0.3) is 0 Å². The van der Waals surface area contributed by atoms with E-state index in [0.29, 0.717) is 25.9 Å². The Hall–Kier alpha value is -0.900. The second-order valence-electron chi connectivity index (χ2n) is 4.60. The molecule has 0 saturated heterocycles. The molecule has 0 atom stereocenters. The Morgan fingerprint density at radius 1 is 1.00 bits per heavy atom. The Balaban J connectivity index is 2.23. The van der Waals surface area contributed by atoms with Crippen LogP contribution in [0.1, 0.15) is 31.9 Å². The lowest BCUT2D eigenvalue weighted by molar-refractivity contribution is 0.0453. The lowest BCUT2D eigenvalue weighted by Crippen LogP contribution is -2.21. The second-order valence-corrected chi connectivity index (χ2v) is 4.60. The molecule has 0 aliphatic carbocycles. The van der Waals surface area contributed by atoms with Gasteiger partial charge in [-0.1, -0.05) is 38.1 Å². The van der Waals surface area contributed by atoms with Crippen LogP contribution in [0.5, 0.6) is 0 Å². The molecule has 0 aliphatic rings. The Kier molecular flexibility index (Phi) is 7.65. The summed E-state index contributed by atoms with van der Waals surface area (Å²) in [5.41, 5.74) is 2.52. The molecule has 0 radical (unpaired) electrons. The molecule has 0 bridgehead atoms. The molecule has 102 valence electrons. The van der Waals surface area contributed by atoms with Gasteiger partial charge < -0.3 is 14.8 Å².